The predicted molar refractivity (Wildman–Crippen MR) is 119 cm³/mol. The third-order valence-electron chi connectivity index (χ3n) is 3.77. The zero-order valence-electron chi connectivity index (χ0n) is 14.9. The van der Waals surface area contributed by atoms with E-state index in [0.717, 1.165) is 0 Å². The molecule has 2 N–H and O–H groups in total. The highest BCUT2D eigenvalue weighted by Crippen LogP contribution is 2.36. The molecule has 148 valence electrons. The zero-order chi connectivity index (χ0) is 20.8. The van der Waals surface area contributed by atoms with Gasteiger partial charge in [0.2, 0.25) is 0 Å². The maximum atomic E-state index is 12.2. The molecule has 3 aromatic carbocycles. The van der Waals surface area contributed by atoms with E-state index >= 15 is 0 Å². The summed E-state index contributed by atoms with van der Waals surface area (Å²) in [5.74, 6) is -0.226. The summed E-state index contributed by atoms with van der Waals surface area (Å²) < 4.78 is 6.03. The fourth-order valence-corrected chi connectivity index (χ4v) is 3.80. The van der Waals surface area contributed by atoms with Gasteiger partial charge in [-0.15, -0.1) is 0 Å². The van der Waals surface area contributed by atoms with Gasteiger partial charge in [0.1, 0.15) is 0 Å². The number of amides is 2. The van der Waals surface area contributed by atoms with Crippen LogP contribution in [0.3, 0.4) is 0 Å². The van der Waals surface area contributed by atoms with Gasteiger partial charge in [0, 0.05) is 22.0 Å². The van der Waals surface area contributed by atoms with Crippen molar-refractivity contribution in [3.8, 4) is 5.75 Å². The van der Waals surface area contributed by atoms with Crippen molar-refractivity contribution in [3.05, 3.63) is 86.8 Å². The van der Waals surface area contributed by atoms with E-state index in [2.05, 4.69) is 26.6 Å². The third kappa shape index (κ3) is 5.97. The van der Waals surface area contributed by atoms with E-state index in [0.29, 0.717) is 37.2 Å². The summed E-state index contributed by atoms with van der Waals surface area (Å²) >= 11 is 15.3. The number of rotatable bonds is 6. The SMILES string of the molecule is O=C(COc1c(Cl)cc(Cl)cc1Br)Nc1ccc(NC(=O)c2ccccc2)cc1. The van der Waals surface area contributed by atoms with Gasteiger partial charge in [-0.2, -0.15) is 0 Å². The number of carbonyl (C=O) groups is 2. The molecule has 8 heteroatoms. The smallest absolute Gasteiger partial charge is 0.262 e. The first-order valence-electron chi connectivity index (χ1n) is 8.46. The molecule has 5 nitrogen and oxygen atoms in total. The van der Waals surface area contributed by atoms with Crippen LogP contribution in [-0.2, 0) is 4.79 Å². The van der Waals surface area contributed by atoms with E-state index in [9.17, 15) is 9.59 Å². The fraction of sp³-hybridized carbons (Fsp3) is 0.0476. The van der Waals surface area contributed by atoms with Crippen LogP contribution in [0.25, 0.3) is 0 Å². The van der Waals surface area contributed by atoms with Crippen LogP contribution in [0.4, 0.5) is 11.4 Å². The Labute approximate surface area is 186 Å². The molecule has 0 saturated heterocycles. The molecule has 0 heterocycles. The van der Waals surface area contributed by atoms with Crippen molar-refractivity contribution in [1.29, 1.82) is 0 Å². The van der Waals surface area contributed by atoms with Gasteiger partial charge in [0.15, 0.2) is 12.4 Å². The topological polar surface area (TPSA) is 67.4 Å². The lowest BCUT2D eigenvalue weighted by Crippen LogP contribution is -2.20. The molecule has 0 fully saturated rings. The van der Waals surface area contributed by atoms with Crippen LogP contribution >= 0.6 is 39.1 Å². The Balaban J connectivity index is 1.54. The van der Waals surface area contributed by atoms with Crippen LogP contribution in [-0.4, -0.2) is 18.4 Å². The lowest BCUT2D eigenvalue weighted by molar-refractivity contribution is -0.118. The molecular weight excluding hydrogens is 479 g/mol. The number of hydrogen-bond acceptors (Lipinski definition) is 3. The minimum atomic E-state index is -0.357. The summed E-state index contributed by atoms with van der Waals surface area (Å²) in [5, 5.41) is 6.27. The minimum Gasteiger partial charge on any atom is -0.481 e. The van der Waals surface area contributed by atoms with E-state index in [1.54, 1.807) is 54.6 Å². The lowest BCUT2D eigenvalue weighted by Gasteiger charge is -2.11. The van der Waals surface area contributed by atoms with Crippen molar-refractivity contribution in [2.24, 2.45) is 0 Å². The summed E-state index contributed by atoms with van der Waals surface area (Å²) in [6.45, 7) is -0.230. The van der Waals surface area contributed by atoms with Gasteiger partial charge in [0.05, 0.1) is 9.50 Å². The number of hydrogen-bond donors (Lipinski definition) is 2. The maximum absolute atomic E-state index is 12.2. The first-order chi connectivity index (χ1) is 13.9. The van der Waals surface area contributed by atoms with Crippen molar-refractivity contribution in [1.82, 2.24) is 0 Å². The normalized spacial score (nSPS) is 10.3. The summed E-state index contributed by atoms with van der Waals surface area (Å²) in [4.78, 5) is 24.3. The van der Waals surface area contributed by atoms with E-state index in [1.807, 2.05) is 6.07 Å². The Morgan fingerprint density at radius 3 is 2.14 bits per heavy atom. The summed E-state index contributed by atoms with van der Waals surface area (Å²) in [5.41, 5.74) is 1.75. The molecule has 29 heavy (non-hydrogen) atoms. The van der Waals surface area contributed by atoms with Crippen molar-refractivity contribution < 1.29 is 14.3 Å². The Morgan fingerprint density at radius 1 is 0.897 bits per heavy atom. The summed E-state index contributed by atoms with van der Waals surface area (Å²) in [6, 6.07) is 18.8. The van der Waals surface area contributed by atoms with E-state index in [1.165, 1.54) is 6.07 Å². The standard InChI is InChI=1S/C21H15BrCl2N2O3/c22-17-10-14(23)11-18(24)20(17)29-12-19(27)25-15-6-8-16(9-7-15)26-21(28)13-4-2-1-3-5-13/h1-11H,12H2,(H,25,27)(H,26,28). The molecule has 0 aliphatic heterocycles. The highest BCUT2D eigenvalue weighted by atomic mass is 79.9. The quantitative estimate of drug-likeness (QED) is 0.440. The molecule has 2 amide bonds. The van der Waals surface area contributed by atoms with Crippen LogP contribution in [0, 0.1) is 0 Å². The van der Waals surface area contributed by atoms with E-state index in [4.69, 9.17) is 27.9 Å². The molecule has 0 radical (unpaired) electrons. The monoisotopic (exact) mass is 492 g/mol. The van der Waals surface area contributed by atoms with Gasteiger partial charge < -0.3 is 15.4 Å². The zero-order valence-corrected chi connectivity index (χ0v) is 18.0. The Morgan fingerprint density at radius 2 is 1.52 bits per heavy atom. The number of nitrogens with one attached hydrogen (secondary N) is 2. The second-order valence-corrected chi connectivity index (χ2v) is 7.63. The molecule has 0 atom stereocenters. The van der Waals surface area contributed by atoms with E-state index < -0.39 is 0 Å². The van der Waals surface area contributed by atoms with E-state index in [-0.39, 0.29) is 18.4 Å². The highest BCUT2D eigenvalue weighted by molar-refractivity contribution is 9.10. The third-order valence-corrected chi connectivity index (χ3v) is 4.86. The number of carbonyl (C=O) groups excluding carboxylic acids is 2. The van der Waals surface area contributed by atoms with Gasteiger partial charge in [-0.25, -0.2) is 0 Å². The van der Waals surface area contributed by atoms with Gasteiger partial charge in [-0.3, -0.25) is 9.59 Å². The van der Waals surface area contributed by atoms with Crippen molar-refractivity contribution in [3.63, 3.8) is 0 Å². The molecule has 0 unspecified atom stereocenters. The minimum absolute atomic E-state index is 0.207. The predicted octanol–water partition coefficient (Wildman–Crippen LogP) is 6.03. The highest BCUT2D eigenvalue weighted by Gasteiger charge is 2.12. The number of halogens is 3. The van der Waals surface area contributed by atoms with Crippen LogP contribution in [0.5, 0.6) is 5.75 Å². The Hall–Kier alpha value is -2.54. The Kier molecular flexibility index (Phi) is 7.14. The molecule has 0 saturated carbocycles. The van der Waals surface area contributed by atoms with Gasteiger partial charge in [-0.1, -0.05) is 41.4 Å². The van der Waals surface area contributed by atoms with Crippen LogP contribution < -0.4 is 15.4 Å². The average molecular weight is 494 g/mol. The summed E-state index contributed by atoms with van der Waals surface area (Å²) in [6.07, 6.45) is 0. The molecule has 0 bridgehead atoms. The first kappa shape index (κ1) is 21.2. The largest absolute Gasteiger partial charge is 0.481 e. The summed E-state index contributed by atoms with van der Waals surface area (Å²) in [7, 11) is 0. The molecule has 0 aliphatic carbocycles. The second kappa shape index (κ2) is 9.78. The lowest BCUT2D eigenvalue weighted by atomic mass is 10.2. The fourth-order valence-electron chi connectivity index (χ4n) is 2.43. The van der Waals surface area contributed by atoms with Crippen LogP contribution in [0.15, 0.2) is 71.2 Å². The van der Waals surface area contributed by atoms with Gasteiger partial charge >= 0.3 is 0 Å². The van der Waals surface area contributed by atoms with Crippen molar-refractivity contribution in [2.45, 2.75) is 0 Å². The Bertz CT molecular complexity index is 1000. The number of anilines is 2. The van der Waals surface area contributed by atoms with Crippen molar-refractivity contribution in [2.75, 3.05) is 17.2 Å². The molecule has 0 spiro atoms. The van der Waals surface area contributed by atoms with Gasteiger partial charge in [0.25, 0.3) is 11.8 Å². The number of benzene rings is 3. The number of ether oxygens (including phenoxy) is 1. The second-order valence-electron chi connectivity index (χ2n) is 5.93. The molecule has 3 rings (SSSR count). The van der Waals surface area contributed by atoms with Crippen molar-refractivity contribution >= 4 is 62.3 Å². The molecular formula is C21H15BrCl2N2O3. The van der Waals surface area contributed by atoms with Crippen LogP contribution in [0.2, 0.25) is 10.0 Å². The van der Waals surface area contributed by atoms with Gasteiger partial charge in [-0.05, 0) is 64.5 Å². The maximum Gasteiger partial charge on any atom is 0.262 e. The molecule has 3 aromatic rings. The first-order valence-corrected chi connectivity index (χ1v) is 10.0. The van der Waals surface area contributed by atoms with Crippen LogP contribution in [0.1, 0.15) is 10.4 Å². The average Bonchev–Trinajstić information content (AvgIpc) is 2.69. The molecule has 0 aliphatic rings. The molecule has 0 aromatic heterocycles.